The standard InChI is InChI=1S/C16H15Cl2FO/c1-11-2-4-12(5-3-11)9-16(20,10-17)14-7-6-13(18)8-15(14)19/h2-8,20H,9-10H2,1H3. The van der Waals surface area contributed by atoms with Gasteiger partial charge in [-0.1, -0.05) is 47.5 Å². The normalized spacial score (nSPS) is 14.1. The highest BCUT2D eigenvalue weighted by Crippen LogP contribution is 2.30. The van der Waals surface area contributed by atoms with Crippen LogP contribution in [0.1, 0.15) is 16.7 Å². The van der Waals surface area contributed by atoms with Crippen molar-refractivity contribution in [1.82, 2.24) is 0 Å². The van der Waals surface area contributed by atoms with E-state index in [-0.39, 0.29) is 17.9 Å². The molecule has 0 saturated heterocycles. The van der Waals surface area contributed by atoms with Gasteiger partial charge in [0.25, 0.3) is 0 Å². The molecule has 1 unspecified atom stereocenters. The number of hydrogen-bond donors (Lipinski definition) is 1. The van der Waals surface area contributed by atoms with Crippen LogP contribution in [0.4, 0.5) is 4.39 Å². The fourth-order valence-corrected chi connectivity index (χ4v) is 2.52. The van der Waals surface area contributed by atoms with Gasteiger partial charge in [0, 0.05) is 17.0 Å². The summed E-state index contributed by atoms with van der Waals surface area (Å²) < 4.78 is 14.0. The minimum Gasteiger partial charge on any atom is -0.383 e. The smallest absolute Gasteiger partial charge is 0.130 e. The van der Waals surface area contributed by atoms with Crippen molar-refractivity contribution >= 4 is 23.2 Å². The van der Waals surface area contributed by atoms with Gasteiger partial charge in [-0.3, -0.25) is 0 Å². The van der Waals surface area contributed by atoms with Crippen molar-refractivity contribution in [3.05, 3.63) is 70.0 Å². The number of alkyl halides is 1. The minimum absolute atomic E-state index is 0.0978. The molecule has 0 heterocycles. The molecule has 0 aliphatic heterocycles. The molecular formula is C16H15Cl2FO. The Morgan fingerprint density at radius 2 is 1.80 bits per heavy atom. The van der Waals surface area contributed by atoms with Gasteiger partial charge in [-0.05, 0) is 24.6 Å². The summed E-state index contributed by atoms with van der Waals surface area (Å²) in [4.78, 5) is 0. The van der Waals surface area contributed by atoms with Crippen LogP contribution in [0.2, 0.25) is 5.02 Å². The monoisotopic (exact) mass is 312 g/mol. The molecule has 0 fully saturated rings. The molecule has 0 saturated carbocycles. The van der Waals surface area contributed by atoms with Crippen molar-refractivity contribution in [2.45, 2.75) is 18.9 Å². The summed E-state index contributed by atoms with van der Waals surface area (Å²) in [6.45, 7) is 1.98. The first-order valence-corrected chi connectivity index (χ1v) is 7.15. The third-order valence-corrected chi connectivity index (χ3v) is 3.95. The largest absolute Gasteiger partial charge is 0.383 e. The Balaban J connectivity index is 2.35. The second-order valence-corrected chi connectivity index (χ2v) is 5.66. The molecule has 0 aromatic heterocycles. The van der Waals surface area contributed by atoms with E-state index in [4.69, 9.17) is 23.2 Å². The van der Waals surface area contributed by atoms with E-state index < -0.39 is 11.4 Å². The van der Waals surface area contributed by atoms with Crippen LogP contribution in [-0.2, 0) is 12.0 Å². The van der Waals surface area contributed by atoms with Gasteiger partial charge in [0.2, 0.25) is 0 Å². The Morgan fingerprint density at radius 1 is 1.15 bits per heavy atom. The summed E-state index contributed by atoms with van der Waals surface area (Å²) in [5.74, 6) is -0.646. The highest BCUT2D eigenvalue weighted by molar-refractivity contribution is 6.30. The van der Waals surface area contributed by atoms with Gasteiger partial charge in [-0.15, -0.1) is 11.6 Å². The van der Waals surface area contributed by atoms with Crippen molar-refractivity contribution in [3.63, 3.8) is 0 Å². The summed E-state index contributed by atoms with van der Waals surface area (Å²) in [6, 6.07) is 11.9. The van der Waals surface area contributed by atoms with Crippen LogP contribution in [-0.4, -0.2) is 11.0 Å². The first kappa shape index (κ1) is 15.3. The molecule has 0 amide bonds. The molecule has 0 bridgehead atoms. The van der Waals surface area contributed by atoms with E-state index in [1.54, 1.807) is 6.07 Å². The molecule has 0 spiro atoms. The quantitative estimate of drug-likeness (QED) is 0.827. The van der Waals surface area contributed by atoms with E-state index in [0.717, 1.165) is 11.1 Å². The van der Waals surface area contributed by atoms with Crippen molar-refractivity contribution in [3.8, 4) is 0 Å². The third kappa shape index (κ3) is 3.32. The predicted molar refractivity (Wildman–Crippen MR) is 80.9 cm³/mol. The van der Waals surface area contributed by atoms with E-state index >= 15 is 0 Å². The maximum absolute atomic E-state index is 14.0. The Labute approximate surface area is 128 Å². The number of halogens is 3. The van der Waals surface area contributed by atoms with Crippen LogP contribution in [0.25, 0.3) is 0 Å². The van der Waals surface area contributed by atoms with Gasteiger partial charge < -0.3 is 5.11 Å². The average Bonchev–Trinajstić information content (AvgIpc) is 2.41. The Hall–Kier alpha value is -1.09. The highest BCUT2D eigenvalue weighted by Gasteiger charge is 2.31. The Morgan fingerprint density at radius 3 is 2.35 bits per heavy atom. The molecule has 1 atom stereocenters. The molecule has 0 aliphatic carbocycles. The van der Waals surface area contributed by atoms with Crippen molar-refractivity contribution < 1.29 is 9.50 Å². The van der Waals surface area contributed by atoms with Crippen LogP contribution < -0.4 is 0 Å². The summed E-state index contributed by atoms with van der Waals surface area (Å²) in [5, 5.41) is 11.0. The molecule has 106 valence electrons. The fourth-order valence-electron chi connectivity index (χ4n) is 2.12. The van der Waals surface area contributed by atoms with Gasteiger partial charge in [-0.2, -0.15) is 0 Å². The molecule has 2 rings (SSSR count). The lowest BCUT2D eigenvalue weighted by atomic mass is 9.88. The minimum atomic E-state index is -1.45. The van der Waals surface area contributed by atoms with Gasteiger partial charge in [0.15, 0.2) is 0 Å². The molecular weight excluding hydrogens is 298 g/mol. The van der Waals surface area contributed by atoms with Gasteiger partial charge in [-0.25, -0.2) is 4.39 Å². The first-order chi connectivity index (χ1) is 9.44. The van der Waals surface area contributed by atoms with Gasteiger partial charge >= 0.3 is 0 Å². The molecule has 4 heteroatoms. The number of benzene rings is 2. The van der Waals surface area contributed by atoms with E-state index in [2.05, 4.69) is 0 Å². The molecule has 0 radical (unpaired) electrons. The lowest BCUT2D eigenvalue weighted by molar-refractivity contribution is 0.0576. The van der Waals surface area contributed by atoms with Crippen molar-refractivity contribution in [2.75, 3.05) is 5.88 Å². The predicted octanol–water partition coefficient (Wildman–Crippen LogP) is 4.46. The molecule has 1 nitrogen and oxygen atoms in total. The number of hydrogen-bond acceptors (Lipinski definition) is 1. The number of rotatable bonds is 4. The fraction of sp³-hybridized carbons (Fsp3) is 0.250. The second kappa shape index (κ2) is 6.13. The van der Waals surface area contributed by atoms with Crippen LogP contribution in [0.3, 0.4) is 0 Å². The summed E-state index contributed by atoms with van der Waals surface area (Å²) >= 11 is 11.6. The van der Waals surface area contributed by atoms with Crippen LogP contribution >= 0.6 is 23.2 Å². The lowest BCUT2D eigenvalue weighted by Gasteiger charge is -2.27. The summed E-state index contributed by atoms with van der Waals surface area (Å²) in [6.07, 6.45) is 0.245. The summed E-state index contributed by atoms with van der Waals surface area (Å²) in [5.41, 5.74) is 0.734. The maximum Gasteiger partial charge on any atom is 0.130 e. The van der Waals surface area contributed by atoms with Crippen molar-refractivity contribution in [1.29, 1.82) is 0 Å². The lowest BCUT2D eigenvalue weighted by Crippen LogP contribution is -2.31. The molecule has 2 aromatic rings. The topological polar surface area (TPSA) is 20.2 Å². The highest BCUT2D eigenvalue weighted by atomic mass is 35.5. The zero-order chi connectivity index (χ0) is 14.8. The van der Waals surface area contributed by atoms with E-state index in [1.165, 1.54) is 12.1 Å². The zero-order valence-electron chi connectivity index (χ0n) is 11.0. The molecule has 20 heavy (non-hydrogen) atoms. The van der Waals surface area contributed by atoms with Gasteiger partial charge in [0.1, 0.15) is 11.4 Å². The molecule has 1 N–H and O–H groups in total. The van der Waals surface area contributed by atoms with Gasteiger partial charge in [0.05, 0.1) is 5.88 Å². The van der Waals surface area contributed by atoms with E-state index in [0.29, 0.717) is 5.02 Å². The average molecular weight is 313 g/mol. The van der Waals surface area contributed by atoms with Crippen LogP contribution in [0, 0.1) is 12.7 Å². The van der Waals surface area contributed by atoms with Crippen molar-refractivity contribution in [2.24, 2.45) is 0 Å². The third-order valence-electron chi connectivity index (χ3n) is 3.27. The maximum atomic E-state index is 14.0. The SMILES string of the molecule is Cc1ccc(CC(O)(CCl)c2ccc(Cl)cc2F)cc1. The number of aliphatic hydroxyl groups is 1. The summed E-state index contributed by atoms with van der Waals surface area (Å²) in [7, 11) is 0. The zero-order valence-corrected chi connectivity index (χ0v) is 12.5. The van der Waals surface area contributed by atoms with E-state index in [9.17, 15) is 9.50 Å². The van der Waals surface area contributed by atoms with Crippen LogP contribution in [0.5, 0.6) is 0 Å². The molecule has 2 aromatic carbocycles. The Kier molecular flexibility index (Phi) is 4.69. The molecule has 0 aliphatic rings. The van der Waals surface area contributed by atoms with E-state index in [1.807, 2.05) is 31.2 Å². The Bertz CT molecular complexity index is 598. The second-order valence-electron chi connectivity index (χ2n) is 4.95. The first-order valence-electron chi connectivity index (χ1n) is 6.24. The number of aryl methyl sites for hydroxylation is 1. The van der Waals surface area contributed by atoms with Crippen LogP contribution in [0.15, 0.2) is 42.5 Å².